The second kappa shape index (κ2) is 12.9. The van der Waals surface area contributed by atoms with Gasteiger partial charge in [0.25, 0.3) is 0 Å². The number of halogens is 1. The molecule has 1 heterocycles. The summed E-state index contributed by atoms with van der Waals surface area (Å²) in [6.45, 7) is 11.4. The maximum Gasteiger partial charge on any atom is 0.225 e. The van der Waals surface area contributed by atoms with Crippen molar-refractivity contribution in [2.45, 2.75) is 52.5 Å². The van der Waals surface area contributed by atoms with E-state index in [0.29, 0.717) is 5.92 Å². The average Bonchev–Trinajstić information content (AvgIpc) is 3.15. The Morgan fingerprint density at radius 2 is 1.97 bits per heavy atom. The molecule has 1 aliphatic rings. The molecular weight excluding hydrogens is 479 g/mol. The van der Waals surface area contributed by atoms with Gasteiger partial charge >= 0.3 is 0 Å². The van der Waals surface area contributed by atoms with Crippen LogP contribution in [0.25, 0.3) is 0 Å². The van der Waals surface area contributed by atoms with E-state index in [2.05, 4.69) is 36.6 Å². The van der Waals surface area contributed by atoms with Gasteiger partial charge in [0.2, 0.25) is 5.91 Å². The summed E-state index contributed by atoms with van der Waals surface area (Å²) in [5.74, 6) is 2.45. The number of carbonyl (C=O) groups excluding carboxylic acids is 1. The summed E-state index contributed by atoms with van der Waals surface area (Å²) in [5.41, 5.74) is 1.30. The molecular formula is C22H37IN4O2. The quantitative estimate of drug-likeness (QED) is 0.315. The lowest BCUT2D eigenvalue weighted by Crippen LogP contribution is -2.45. The standard InChI is InChI=1S/C22H36N4O2.HI/c1-6-23-22(25-19-12-14-26(15-19)21(27)16(2)3)24-13-11-17(4)18-7-9-20(28-5)10-8-18;/h7-10,16-17,19H,6,11-15H2,1-5H3,(H2,23,24,25);1H. The van der Waals surface area contributed by atoms with Gasteiger partial charge in [0, 0.05) is 38.1 Å². The fourth-order valence-corrected chi connectivity index (χ4v) is 3.43. The Bertz CT molecular complexity index is 649. The van der Waals surface area contributed by atoms with E-state index in [1.807, 2.05) is 30.9 Å². The molecule has 1 fully saturated rings. The van der Waals surface area contributed by atoms with E-state index < -0.39 is 0 Å². The number of nitrogens with zero attached hydrogens (tertiary/aromatic N) is 2. The number of guanidine groups is 1. The Morgan fingerprint density at radius 1 is 1.28 bits per heavy atom. The minimum absolute atomic E-state index is 0. The first-order chi connectivity index (χ1) is 13.4. The molecule has 0 bridgehead atoms. The van der Waals surface area contributed by atoms with Crippen LogP contribution in [0.1, 0.15) is 52.0 Å². The number of ether oxygens (including phenoxy) is 1. The lowest BCUT2D eigenvalue weighted by Gasteiger charge is -2.20. The third-order valence-corrected chi connectivity index (χ3v) is 5.20. The van der Waals surface area contributed by atoms with Crippen molar-refractivity contribution in [3.63, 3.8) is 0 Å². The van der Waals surface area contributed by atoms with Gasteiger partial charge in [-0.2, -0.15) is 0 Å². The third kappa shape index (κ3) is 8.03. The first-order valence-electron chi connectivity index (χ1n) is 10.4. The maximum atomic E-state index is 12.2. The number of benzene rings is 1. The van der Waals surface area contributed by atoms with Crippen molar-refractivity contribution < 1.29 is 9.53 Å². The molecule has 0 radical (unpaired) electrons. The third-order valence-electron chi connectivity index (χ3n) is 5.20. The molecule has 2 unspecified atom stereocenters. The molecule has 1 amide bonds. The van der Waals surface area contributed by atoms with Crippen molar-refractivity contribution in [1.29, 1.82) is 0 Å². The monoisotopic (exact) mass is 516 g/mol. The number of hydrogen-bond donors (Lipinski definition) is 2. The highest BCUT2D eigenvalue weighted by atomic mass is 127. The molecule has 29 heavy (non-hydrogen) atoms. The molecule has 1 aliphatic heterocycles. The van der Waals surface area contributed by atoms with Crippen LogP contribution in [0.3, 0.4) is 0 Å². The molecule has 0 aromatic heterocycles. The number of amides is 1. The van der Waals surface area contributed by atoms with Gasteiger partial charge in [0.1, 0.15) is 5.75 Å². The molecule has 164 valence electrons. The van der Waals surface area contributed by atoms with Crippen molar-refractivity contribution in [1.82, 2.24) is 15.5 Å². The van der Waals surface area contributed by atoms with Gasteiger partial charge in [0.15, 0.2) is 5.96 Å². The predicted octanol–water partition coefficient (Wildman–Crippen LogP) is 3.62. The average molecular weight is 516 g/mol. The summed E-state index contributed by atoms with van der Waals surface area (Å²) < 4.78 is 5.22. The van der Waals surface area contributed by atoms with Crippen molar-refractivity contribution in [3.8, 4) is 5.75 Å². The van der Waals surface area contributed by atoms with E-state index in [1.54, 1.807) is 7.11 Å². The highest BCUT2D eigenvalue weighted by Gasteiger charge is 2.27. The van der Waals surface area contributed by atoms with Gasteiger partial charge in [-0.1, -0.05) is 32.9 Å². The van der Waals surface area contributed by atoms with Crippen LogP contribution < -0.4 is 15.4 Å². The molecule has 2 rings (SSSR count). The molecule has 0 spiro atoms. The van der Waals surface area contributed by atoms with Crippen LogP contribution in [0.5, 0.6) is 5.75 Å². The van der Waals surface area contributed by atoms with Crippen molar-refractivity contribution in [2.24, 2.45) is 10.9 Å². The van der Waals surface area contributed by atoms with E-state index >= 15 is 0 Å². The molecule has 6 nitrogen and oxygen atoms in total. The van der Waals surface area contributed by atoms with Crippen molar-refractivity contribution in [3.05, 3.63) is 29.8 Å². The lowest BCUT2D eigenvalue weighted by molar-refractivity contribution is -0.133. The zero-order valence-electron chi connectivity index (χ0n) is 18.4. The second-order valence-electron chi connectivity index (χ2n) is 7.79. The van der Waals surface area contributed by atoms with Gasteiger partial charge in [0.05, 0.1) is 7.11 Å². The van der Waals surface area contributed by atoms with Crippen LogP contribution in [0.15, 0.2) is 29.3 Å². The minimum atomic E-state index is 0. The highest BCUT2D eigenvalue weighted by Crippen LogP contribution is 2.21. The fraction of sp³-hybridized carbons (Fsp3) is 0.636. The summed E-state index contributed by atoms with van der Waals surface area (Å²) in [7, 11) is 1.69. The number of aliphatic imine (C=N–C) groups is 1. The second-order valence-corrected chi connectivity index (χ2v) is 7.79. The fourth-order valence-electron chi connectivity index (χ4n) is 3.43. The largest absolute Gasteiger partial charge is 0.497 e. The number of carbonyl (C=O) groups is 1. The Kier molecular flexibility index (Phi) is 11.4. The zero-order valence-corrected chi connectivity index (χ0v) is 20.7. The number of methoxy groups -OCH3 is 1. The Balaban J connectivity index is 0.00000420. The lowest BCUT2D eigenvalue weighted by atomic mass is 9.98. The van der Waals surface area contributed by atoms with Crippen LogP contribution in [0.2, 0.25) is 0 Å². The van der Waals surface area contributed by atoms with Crippen molar-refractivity contribution >= 4 is 35.8 Å². The summed E-state index contributed by atoms with van der Waals surface area (Å²) in [6, 6.07) is 8.51. The SMILES string of the molecule is CCNC(=NCCC(C)c1ccc(OC)cc1)NC1CCN(C(=O)C(C)C)C1.I. The molecule has 0 saturated carbocycles. The van der Waals surface area contributed by atoms with Gasteiger partial charge < -0.3 is 20.3 Å². The summed E-state index contributed by atoms with van der Waals surface area (Å²) in [4.78, 5) is 18.9. The van der Waals surface area contributed by atoms with Crippen LogP contribution in [0.4, 0.5) is 0 Å². The molecule has 0 aliphatic carbocycles. The molecule has 1 saturated heterocycles. The molecule has 1 aromatic rings. The first kappa shape index (κ1) is 25.5. The topological polar surface area (TPSA) is 66.0 Å². The summed E-state index contributed by atoms with van der Waals surface area (Å²) in [5, 5.41) is 6.82. The molecule has 1 aromatic carbocycles. The van der Waals surface area contributed by atoms with E-state index in [0.717, 1.165) is 50.7 Å². The van der Waals surface area contributed by atoms with E-state index in [1.165, 1.54) is 5.56 Å². The van der Waals surface area contributed by atoms with Crippen molar-refractivity contribution in [2.75, 3.05) is 33.3 Å². The summed E-state index contributed by atoms with van der Waals surface area (Å²) in [6.07, 6.45) is 1.94. The normalized spacial score (nSPS) is 17.7. The molecule has 2 atom stereocenters. The van der Waals surface area contributed by atoms with E-state index in [9.17, 15) is 4.79 Å². The highest BCUT2D eigenvalue weighted by molar-refractivity contribution is 14.0. The van der Waals surface area contributed by atoms with Gasteiger partial charge in [-0.05, 0) is 43.4 Å². The van der Waals surface area contributed by atoms with Gasteiger partial charge in [-0.15, -0.1) is 24.0 Å². The predicted molar refractivity (Wildman–Crippen MR) is 130 cm³/mol. The zero-order chi connectivity index (χ0) is 20.5. The van der Waals surface area contributed by atoms with Gasteiger partial charge in [-0.3, -0.25) is 9.79 Å². The molecule has 7 heteroatoms. The van der Waals surface area contributed by atoms with Crippen LogP contribution >= 0.6 is 24.0 Å². The Labute approximate surface area is 192 Å². The number of rotatable bonds is 8. The number of nitrogens with one attached hydrogen (secondary N) is 2. The van der Waals surface area contributed by atoms with E-state index in [-0.39, 0.29) is 41.8 Å². The van der Waals surface area contributed by atoms with E-state index in [4.69, 9.17) is 9.73 Å². The maximum absolute atomic E-state index is 12.2. The van der Waals surface area contributed by atoms with Crippen LogP contribution in [-0.2, 0) is 4.79 Å². The number of hydrogen-bond acceptors (Lipinski definition) is 3. The smallest absolute Gasteiger partial charge is 0.225 e. The van der Waals surface area contributed by atoms with Crippen LogP contribution in [0, 0.1) is 5.92 Å². The molecule has 2 N–H and O–H groups in total. The van der Waals surface area contributed by atoms with Crippen LogP contribution in [-0.4, -0.2) is 56.1 Å². The van der Waals surface area contributed by atoms with Gasteiger partial charge in [-0.25, -0.2) is 0 Å². The Hall–Kier alpha value is -1.51. The Morgan fingerprint density at radius 3 is 2.55 bits per heavy atom. The first-order valence-corrected chi connectivity index (χ1v) is 10.4. The number of likely N-dealkylation sites (tertiary alicyclic amines) is 1. The summed E-state index contributed by atoms with van der Waals surface area (Å²) >= 11 is 0. The minimum Gasteiger partial charge on any atom is -0.497 e.